The van der Waals surface area contributed by atoms with Gasteiger partial charge >= 0.3 is 0 Å². The van der Waals surface area contributed by atoms with E-state index in [2.05, 4.69) is 15.6 Å². The van der Waals surface area contributed by atoms with Crippen LogP contribution in [0.25, 0.3) is 0 Å². The molecule has 3 N–H and O–H groups in total. The zero-order chi connectivity index (χ0) is 18.9. The Hall–Kier alpha value is -2.08. The highest BCUT2D eigenvalue weighted by molar-refractivity contribution is 5.86. The van der Waals surface area contributed by atoms with Crippen LogP contribution < -0.4 is 10.6 Å². The molecule has 25 heavy (non-hydrogen) atoms. The molecule has 0 radical (unpaired) electrons. The van der Waals surface area contributed by atoms with Crippen molar-refractivity contribution in [2.24, 2.45) is 4.99 Å². The molecule has 0 saturated carbocycles. The van der Waals surface area contributed by atoms with Gasteiger partial charge in [0.1, 0.15) is 0 Å². The highest BCUT2D eigenvalue weighted by atomic mass is 16.3. The molecule has 140 valence electrons. The molecule has 1 aromatic carbocycles. The molecule has 1 aromatic rings. The summed E-state index contributed by atoms with van der Waals surface area (Å²) >= 11 is 0. The van der Waals surface area contributed by atoms with Gasteiger partial charge in [-0.2, -0.15) is 0 Å². The predicted octanol–water partition coefficient (Wildman–Crippen LogP) is 1.40. The SMILES string of the molecule is CCNC(=NCC(O)Cc1ccccc1)N(C)CC(=O)NC(C)(C)C. The van der Waals surface area contributed by atoms with Gasteiger partial charge in [-0.3, -0.25) is 9.79 Å². The van der Waals surface area contributed by atoms with Gasteiger partial charge in [0.2, 0.25) is 5.91 Å². The van der Waals surface area contributed by atoms with Gasteiger partial charge in [0.15, 0.2) is 5.96 Å². The lowest BCUT2D eigenvalue weighted by Gasteiger charge is -2.25. The first-order valence-electron chi connectivity index (χ1n) is 8.73. The summed E-state index contributed by atoms with van der Waals surface area (Å²) in [6.45, 7) is 9.00. The number of guanidine groups is 1. The number of benzene rings is 1. The molecule has 6 heteroatoms. The fraction of sp³-hybridized carbons (Fsp3) is 0.579. The number of rotatable bonds is 7. The van der Waals surface area contributed by atoms with Crippen molar-refractivity contribution in [1.29, 1.82) is 0 Å². The first kappa shape index (κ1) is 21.0. The van der Waals surface area contributed by atoms with Gasteiger partial charge in [-0.25, -0.2) is 0 Å². The van der Waals surface area contributed by atoms with Gasteiger partial charge in [0.25, 0.3) is 0 Å². The molecule has 1 atom stereocenters. The van der Waals surface area contributed by atoms with Gasteiger partial charge in [-0.1, -0.05) is 30.3 Å². The number of nitrogens with zero attached hydrogens (tertiary/aromatic N) is 2. The Kier molecular flexibility index (Phi) is 8.41. The van der Waals surface area contributed by atoms with Crippen molar-refractivity contribution in [1.82, 2.24) is 15.5 Å². The monoisotopic (exact) mass is 348 g/mol. The molecule has 0 aromatic heterocycles. The van der Waals surface area contributed by atoms with Crippen molar-refractivity contribution in [2.45, 2.75) is 45.8 Å². The van der Waals surface area contributed by atoms with E-state index >= 15 is 0 Å². The summed E-state index contributed by atoms with van der Waals surface area (Å²) in [5.74, 6) is 0.545. The minimum Gasteiger partial charge on any atom is -0.391 e. The number of aliphatic hydroxyl groups excluding tert-OH is 1. The van der Waals surface area contributed by atoms with Gasteiger partial charge in [0, 0.05) is 25.6 Å². The average Bonchev–Trinajstić information content (AvgIpc) is 2.50. The van der Waals surface area contributed by atoms with Gasteiger partial charge in [-0.15, -0.1) is 0 Å². The number of hydrogen-bond acceptors (Lipinski definition) is 3. The molecule has 6 nitrogen and oxygen atoms in total. The van der Waals surface area contributed by atoms with Crippen LogP contribution in [-0.2, 0) is 11.2 Å². The van der Waals surface area contributed by atoms with Gasteiger partial charge < -0.3 is 20.6 Å². The number of hydrogen-bond donors (Lipinski definition) is 3. The molecular formula is C19H32N4O2. The van der Waals surface area contributed by atoms with Crippen LogP contribution in [0.1, 0.15) is 33.3 Å². The van der Waals surface area contributed by atoms with E-state index in [1.807, 2.05) is 65.1 Å². The summed E-state index contributed by atoms with van der Waals surface area (Å²) in [5, 5.41) is 16.3. The quantitative estimate of drug-likeness (QED) is 0.514. The molecule has 0 heterocycles. The third-order valence-electron chi connectivity index (χ3n) is 3.36. The molecule has 0 saturated heterocycles. The van der Waals surface area contributed by atoms with E-state index in [0.29, 0.717) is 18.9 Å². The van der Waals surface area contributed by atoms with Crippen LogP contribution in [0.15, 0.2) is 35.3 Å². The van der Waals surface area contributed by atoms with Crippen LogP contribution in [0, 0.1) is 0 Å². The summed E-state index contributed by atoms with van der Waals surface area (Å²) in [4.78, 5) is 18.3. The fourth-order valence-corrected chi connectivity index (χ4v) is 2.36. The topological polar surface area (TPSA) is 77.0 Å². The molecule has 0 spiro atoms. The summed E-state index contributed by atoms with van der Waals surface area (Å²) in [6.07, 6.45) is -0.00863. The lowest BCUT2D eigenvalue weighted by atomic mass is 10.1. The van der Waals surface area contributed by atoms with Crippen LogP contribution in [0.2, 0.25) is 0 Å². The molecule has 1 rings (SSSR count). The van der Waals surface area contributed by atoms with Crippen molar-refractivity contribution in [3.63, 3.8) is 0 Å². The summed E-state index contributed by atoms with van der Waals surface area (Å²) in [7, 11) is 1.81. The third-order valence-corrected chi connectivity index (χ3v) is 3.36. The second-order valence-electron chi connectivity index (χ2n) is 7.19. The standard InChI is InChI=1S/C19H32N4O2/c1-6-20-18(23(5)14-17(25)22-19(2,3)4)21-13-16(24)12-15-10-8-7-9-11-15/h7-11,16,24H,6,12-14H2,1-5H3,(H,20,21)(H,22,25). The van der Waals surface area contributed by atoms with Crippen molar-refractivity contribution in [2.75, 3.05) is 26.7 Å². The second kappa shape index (κ2) is 10.0. The third kappa shape index (κ3) is 9.10. The number of amides is 1. The number of carbonyl (C=O) groups excluding carboxylic acids is 1. The number of aliphatic hydroxyl groups is 1. The van der Waals surface area contributed by atoms with Crippen LogP contribution in [0.3, 0.4) is 0 Å². The predicted molar refractivity (Wildman–Crippen MR) is 103 cm³/mol. The van der Waals surface area contributed by atoms with Crippen LogP contribution >= 0.6 is 0 Å². The van der Waals surface area contributed by atoms with E-state index < -0.39 is 6.10 Å². The normalized spacial score (nSPS) is 13.3. The van der Waals surface area contributed by atoms with Gasteiger partial charge in [0.05, 0.1) is 19.2 Å². The first-order chi connectivity index (χ1) is 11.7. The van der Waals surface area contributed by atoms with E-state index in [0.717, 1.165) is 5.56 Å². The maximum Gasteiger partial charge on any atom is 0.240 e. The maximum atomic E-state index is 12.1. The molecule has 0 aliphatic heterocycles. The Morgan fingerprint density at radius 2 is 1.92 bits per heavy atom. The van der Waals surface area contributed by atoms with Crippen molar-refractivity contribution < 1.29 is 9.90 Å². The molecule has 1 unspecified atom stereocenters. The zero-order valence-corrected chi connectivity index (χ0v) is 16.0. The molecule has 0 fully saturated rings. The van der Waals surface area contributed by atoms with E-state index in [-0.39, 0.29) is 24.5 Å². The minimum absolute atomic E-state index is 0.0644. The van der Waals surface area contributed by atoms with E-state index in [1.54, 1.807) is 4.90 Å². The van der Waals surface area contributed by atoms with Crippen molar-refractivity contribution >= 4 is 11.9 Å². The molecule has 1 amide bonds. The second-order valence-corrected chi connectivity index (χ2v) is 7.19. The van der Waals surface area contributed by atoms with Crippen LogP contribution in [0.5, 0.6) is 0 Å². The number of carbonyl (C=O) groups is 1. The Balaban J connectivity index is 2.61. The Labute approximate surface area is 151 Å². The van der Waals surface area contributed by atoms with Crippen LogP contribution in [-0.4, -0.2) is 60.2 Å². The Bertz CT molecular complexity index is 552. The van der Waals surface area contributed by atoms with Crippen molar-refractivity contribution in [3.05, 3.63) is 35.9 Å². The summed E-state index contributed by atoms with van der Waals surface area (Å²) in [6, 6.07) is 9.84. The van der Waals surface area contributed by atoms with E-state index in [1.165, 1.54) is 0 Å². The summed E-state index contributed by atoms with van der Waals surface area (Å²) in [5.41, 5.74) is 0.812. The molecule has 0 aliphatic rings. The van der Waals surface area contributed by atoms with E-state index in [9.17, 15) is 9.90 Å². The Morgan fingerprint density at radius 1 is 1.28 bits per heavy atom. The summed E-state index contributed by atoms with van der Waals surface area (Å²) < 4.78 is 0. The highest BCUT2D eigenvalue weighted by Gasteiger charge is 2.17. The van der Waals surface area contributed by atoms with E-state index in [4.69, 9.17) is 0 Å². The molecule has 0 bridgehead atoms. The minimum atomic E-state index is -0.562. The largest absolute Gasteiger partial charge is 0.391 e. The van der Waals surface area contributed by atoms with Crippen LogP contribution in [0.4, 0.5) is 0 Å². The smallest absolute Gasteiger partial charge is 0.240 e. The lowest BCUT2D eigenvalue weighted by Crippen LogP contribution is -2.49. The van der Waals surface area contributed by atoms with Crippen molar-refractivity contribution in [3.8, 4) is 0 Å². The first-order valence-corrected chi connectivity index (χ1v) is 8.73. The molecular weight excluding hydrogens is 316 g/mol. The Morgan fingerprint density at radius 3 is 2.48 bits per heavy atom. The number of nitrogens with one attached hydrogen (secondary N) is 2. The number of aliphatic imine (C=N–C) groups is 1. The highest BCUT2D eigenvalue weighted by Crippen LogP contribution is 2.04. The fourth-order valence-electron chi connectivity index (χ4n) is 2.36. The van der Waals surface area contributed by atoms with Gasteiger partial charge in [-0.05, 0) is 33.3 Å². The average molecular weight is 348 g/mol. The number of likely N-dealkylation sites (N-methyl/N-ethyl adjacent to an activating group) is 1. The zero-order valence-electron chi connectivity index (χ0n) is 16.0. The lowest BCUT2D eigenvalue weighted by molar-refractivity contribution is -0.122. The maximum absolute atomic E-state index is 12.1. The molecule has 0 aliphatic carbocycles.